The van der Waals surface area contributed by atoms with Crippen LogP contribution in [0.2, 0.25) is 5.02 Å². The van der Waals surface area contributed by atoms with Gasteiger partial charge in [-0.05, 0) is 29.3 Å². The average molecular weight is 497 g/mol. The van der Waals surface area contributed by atoms with Crippen LogP contribution in [0.3, 0.4) is 0 Å². The molecule has 184 valence electrons. The van der Waals surface area contributed by atoms with Crippen LogP contribution in [0.5, 0.6) is 0 Å². The maximum Gasteiger partial charge on any atom is 0.328 e. The Balaban J connectivity index is 1.28. The summed E-state index contributed by atoms with van der Waals surface area (Å²) in [5.74, 6) is -0.677. The highest BCUT2D eigenvalue weighted by atomic mass is 35.5. The molecule has 1 aliphatic rings. The minimum absolute atomic E-state index is 0.0564. The number of fused-ring (bicyclic) bond motifs is 1. The highest BCUT2D eigenvalue weighted by Crippen LogP contribution is 2.19. The summed E-state index contributed by atoms with van der Waals surface area (Å²) in [6, 6.07) is 14.3. The molecule has 4 rings (SSSR count). The summed E-state index contributed by atoms with van der Waals surface area (Å²) in [5.41, 5.74) is 2.83. The fraction of sp³-hybridized carbons (Fsp3) is 0.346. The number of H-pyrrole nitrogens is 1. The first-order valence-electron chi connectivity index (χ1n) is 11.6. The lowest BCUT2D eigenvalue weighted by Gasteiger charge is -2.34. The Labute approximate surface area is 209 Å². The van der Waals surface area contributed by atoms with Crippen LogP contribution >= 0.6 is 11.6 Å². The number of carbonyl (C=O) groups is 3. The summed E-state index contributed by atoms with van der Waals surface area (Å²) in [6.07, 6.45) is 2.51. The number of piperazine rings is 1. The first-order chi connectivity index (χ1) is 16.9. The number of ether oxygens (including phenoxy) is 1. The molecule has 2 N–H and O–H groups in total. The third-order valence-corrected chi connectivity index (χ3v) is 6.53. The third kappa shape index (κ3) is 6.41. The maximum atomic E-state index is 12.8. The Morgan fingerprint density at radius 2 is 1.77 bits per heavy atom. The predicted octanol–water partition coefficient (Wildman–Crippen LogP) is 2.41. The Hall–Kier alpha value is -3.36. The number of aromatic nitrogens is 1. The van der Waals surface area contributed by atoms with Gasteiger partial charge in [0.05, 0.1) is 20.1 Å². The second kappa shape index (κ2) is 11.4. The number of benzene rings is 2. The summed E-state index contributed by atoms with van der Waals surface area (Å²) < 4.78 is 4.93. The molecule has 2 amide bonds. The topological polar surface area (TPSA) is 94.7 Å². The van der Waals surface area contributed by atoms with Gasteiger partial charge in [-0.1, -0.05) is 41.9 Å². The minimum atomic E-state index is -0.783. The quantitative estimate of drug-likeness (QED) is 0.467. The number of para-hydroxylation sites is 1. The summed E-state index contributed by atoms with van der Waals surface area (Å²) in [5, 5.41) is 4.48. The number of hydrogen-bond acceptors (Lipinski definition) is 5. The van der Waals surface area contributed by atoms with E-state index < -0.39 is 12.0 Å². The van der Waals surface area contributed by atoms with E-state index in [0.717, 1.165) is 22.0 Å². The van der Waals surface area contributed by atoms with E-state index in [-0.39, 0.29) is 18.4 Å². The van der Waals surface area contributed by atoms with Crippen molar-refractivity contribution in [1.82, 2.24) is 20.1 Å². The number of nitrogens with zero attached hydrogens (tertiary/aromatic N) is 2. The fourth-order valence-electron chi connectivity index (χ4n) is 4.34. The van der Waals surface area contributed by atoms with E-state index in [9.17, 15) is 14.4 Å². The summed E-state index contributed by atoms with van der Waals surface area (Å²) in [6.45, 7) is 2.43. The Morgan fingerprint density at radius 3 is 2.49 bits per heavy atom. The van der Waals surface area contributed by atoms with Gasteiger partial charge >= 0.3 is 5.97 Å². The van der Waals surface area contributed by atoms with Crippen molar-refractivity contribution in [2.75, 3.05) is 39.8 Å². The number of halogens is 1. The van der Waals surface area contributed by atoms with Gasteiger partial charge in [-0.2, -0.15) is 0 Å². The molecule has 0 saturated carbocycles. The summed E-state index contributed by atoms with van der Waals surface area (Å²) >= 11 is 5.91. The van der Waals surface area contributed by atoms with E-state index >= 15 is 0 Å². The molecular formula is C26H29ClN4O4. The van der Waals surface area contributed by atoms with Crippen LogP contribution in [0.15, 0.2) is 54.7 Å². The van der Waals surface area contributed by atoms with Crippen molar-refractivity contribution in [2.24, 2.45) is 0 Å². The van der Waals surface area contributed by atoms with Gasteiger partial charge in [-0.3, -0.25) is 14.5 Å². The van der Waals surface area contributed by atoms with Gasteiger partial charge in [0.1, 0.15) is 6.04 Å². The molecule has 8 nitrogen and oxygen atoms in total. The number of aromatic amines is 1. The molecule has 2 aromatic carbocycles. The molecule has 3 aromatic rings. The largest absolute Gasteiger partial charge is 0.467 e. The molecule has 1 aliphatic heterocycles. The Kier molecular flexibility index (Phi) is 8.05. The number of methoxy groups -OCH3 is 1. The van der Waals surface area contributed by atoms with Crippen molar-refractivity contribution in [2.45, 2.75) is 18.9 Å². The van der Waals surface area contributed by atoms with E-state index in [0.29, 0.717) is 44.0 Å². The van der Waals surface area contributed by atoms with Crippen LogP contribution < -0.4 is 5.32 Å². The number of nitrogens with one attached hydrogen (secondary N) is 2. The molecule has 0 spiro atoms. The second-order valence-electron chi connectivity index (χ2n) is 8.67. The van der Waals surface area contributed by atoms with Gasteiger partial charge in [-0.15, -0.1) is 0 Å². The molecule has 1 atom stereocenters. The fourth-order valence-corrected chi connectivity index (χ4v) is 4.47. The standard InChI is InChI=1S/C26H29ClN4O4/c1-35-26(34)23(15-19-16-28-22-5-3-2-4-21(19)22)29-24(32)17-30-10-12-31(13-11-30)25(33)14-18-6-8-20(27)9-7-18/h2-9,16,23,28H,10-15,17H2,1H3,(H,29,32). The summed E-state index contributed by atoms with van der Waals surface area (Å²) in [4.78, 5) is 44.7. The first kappa shape index (κ1) is 24.8. The van der Waals surface area contributed by atoms with Crippen LogP contribution in [0.25, 0.3) is 10.9 Å². The molecule has 9 heteroatoms. The first-order valence-corrected chi connectivity index (χ1v) is 12.0. The number of rotatable bonds is 8. The van der Waals surface area contributed by atoms with Crippen LogP contribution in [0.4, 0.5) is 0 Å². The SMILES string of the molecule is COC(=O)C(Cc1c[nH]c2ccccc12)NC(=O)CN1CCN(C(=O)Cc2ccc(Cl)cc2)CC1. The van der Waals surface area contributed by atoms with Crippen molar-refractivity contribution >= 4 is 40.3 Å². The lowest BCUT2D eigenvalue weighted by molar-refractivity contribution is -0.145. The zero-order chi connectivity index (χ0) is 24.8. The van der Waals surface area contributed by atoms with Crippen LogP contribution in [-0.2, 0) is 32.0 Å². The highest BCUT2D eigenvalue weighted by molar-refractivity contribution is 6.30. The predicted molar refractivity (Wildman–Crippen MR) is 134 cm³/mol. The van der Waals surface area contributed by atoms with Gasteiger partial charge in [0.15, 0.2) is 0 Å². The van der Waals surface area contributed by atoms with E-state index in [4.69, 9.17) is 16.3 Å². The molecule has 1 unspecified atom stereocenters. The molecule has 1 fully saturated rings. The second-order valence-corrected chi connectivity index (χ2v) is 9.10. The Bertz CT molecular complexity index is 1190. The van der Waals surface area contributed by atoms with Crippen molar-refractivity contribution in [3.05, 3.63) is 70.9 Å². The van der Waals surface area contributed by atoms with E-state index in [1.165, 1.54) is 7.11 Å². The van der Waals surface area contributed by atoms with Crippen molar-refractivity contribution in [3.63, 3.8) is 0 Å². The lowest BCUT2D eigenvalue weighted by Crippen LogP contribution is -2.53. The number of carbonyl (C=O) groups excluding carboxylic acids is 3. The van der Waals surface area contributed by atoms with Crippen LogP contribution in [0.1, 0.15) is 11.1 Å². The number of amides is 2. The highest BCUT2D eigenvalue weighted by Gasteiger charge is 2.26. The van der Waals surface area contributed by atoms with Gasteiger partial charge < -0.3 is 19.9 Å². The molecule has 0 radical (unpaired) electrons. The van der Waals surface area contributed by atoms with Crippen LogP contribution in [0, 0.1) is 0 Å². The van der Waals surface area contributed by atoms with Crippen molar-refractivity contribution in [3.8, 4) is 0 Å². The van der Waals surface area contributed by atoms with E-state index in [2.05, 4.69) is 10.3 Å². The zero-order valence-corrected chi connectivity index (χ0v) is 20.4. The van der Waals surface area contributed by atoms with Crippen molar-refractivity contribution < 1.29 is 19.1 Å². The molecule has 1 saturated heterocycles. The average Bonchev–Trinajstić information content (AvgIpc) is 3.27. The van der Waals surface area contributed by atoms with E-state index in [1.54, 1.807) is 12.1 Å². The molecule has 0 aliphatic carbocycles. The summed E-state index contributed by atoms with van der Waals surface area (Å²) in [7, 11) is 1.32. The van der Waals surface area contributed by atoms with Gasteiger partial charge in [-0.25, -0.2) is 4.79 Å². The molecular weight excluding hydrogens is 468 g/mol. The molecule has 1 aromatic heterocycles. The number of esters is 1. The lowest BCUT2D eigenvalue weighted by atomic mass is 10.0. The monoisotopic (exact) mass is 496 g/mol. The molecule has 35 heavy (non-hydrogen) atoms. The molecule has 0 bridgehead atoms. The van der Waals surface area contributed by atoms with Crippen LogP contribution in [-0.4, -0.2) is 78.4 Å². The van der Waals surface area contributed by atoms with E-state index in [1.807, 2.05) is 52.4 Å². The van der Waals surface area contributed by atoms with Crippen molar-refractivity contribution in [1.29, 1.82) is 0 Å². The maximum absolute atomic E-state index is 12.8. The minimum Gasteiger partial charge on any atom is -0.467 e. The third-order valence-electron chi connectivity index (χ3n) is 6.28. The smallest absolute Gasteiger partial charge is 0.328 e. The van der Waals surface area contributed by atoms with Gasteiger partial charge in [0.2, 0.25) is 11.8 Å². The Morgan fingerprint density at radius 1 is 1.06 bits per heavy atom. The number of hydrogen-bond donors (Lipinski definition) is 2. The molecule has 2 heterocycles. The van der Waals surface area contributed by atoms with Gasteiger partial charge in [0.25, 0.3) is 0 Å². The zero-order valence-electron chi connectivity index (χ0n) is 19.6. The van der Waals surface area contributed by atoms with Gasteiger partial charge in [0, 0.05) is 54.7 Å². The normalized spacial score (nSPS) is 15.1.